The summed E-state index contributed by atoms with van der Waals surface area (Å²) in [4.78, 5) is 25.4. The van der Waals surface area contributed by atoms with E-state index in [9.17, 15) is 4.79 Å². The molecule has 0 saturated carbocycles. The molecule has 0 bridgehead atoms. The number of carbonyl (C=O) groups excluding carboxylic acids is 1. The highest BCUT2D eigenvalue weighted by molar-refractivity contribution is 5.93. The van der Waals surface area contributed by atoms with E-state index < -0.39 is 0 Å². The van der Waals surface area contributed by atoms with Gasteiger partial charge in [-0.1, -0.05) is 13.0 Å². The van der Waals surface area contributed by atoms with E-state index >= 15 is 0 Å². The number of carbonyl (C=O) groups is 1. The van der Waals surface area contributed by atoms with Crippen LogP contribution in [0, 0.1) is 0 Å². The Morgan fingerprint density at radius 1 is 1.29 bits per heavy atom. The Morgan fingerprint density at radius 2 is 2.08 bits per heavy atom. The maximum Gasteiger partial charge on any atom is 0.273 e. The number of likely N-dealkylation sites (N-methyl/N-ethyl adjacent to an activating group) is 1. The molecule has 1 N–H and O–H groups in total. The lowest BCUT2D eigenvalue weighted by atomic mass is 10.2. The Bertz CT molecular complexity index is 692. The zero-order chi connectivity index (χ0) is 16.9. The molecule has 0 aliphatic carbocycles. The van der Waals surface area contributed by atoms with Crippen molar-refractivity contribution in [1.29, 1.82) is 0 Å². The molecule has 2 aromatic heterocycles. The summed E-state index contributed by atoms with van der Waals surface area (Å²) in [6.45, 7) is 6.27. The first-order valence-corrected chi connectivity index (χ1v) is 8.27. The summed E-state index contributed by atoms with van der Waals surface area (Å²) in [6, 6.07) is 3.90. The number of nitrogens with one attached hydrogen (secondary N) is 1. The molecule has 1 saturated heterocycles. The number of oxazole rings is 1. The molecule has 0 atom stereocenters. The number of amides is 1. The lowest BCUT2D eigenvalue weighted by Crippen LogP contribution is -2.45. The highest BCUT2D eigenvalue weighted by atomic mass is 16.3. The number of hydrogen-bond donors (Lipinski definition) is 1. The van der Waals surface area contributed by atoms with Gasteiger partial charge in [-0.15, -0.1) is 0 Å². The number of pyridine rings is 1. The SMILES string of the molecule is CCc1ocnc1C(=O)NCc1cccnc1N1CCN(C)CC1. The fraction of sp³-hybridized carbons (Fsp3) is 0.471. The average molecular weight is 329 g/mol. The van der Waals surface area contributed by atoms with Crippen LogP contribution in [0.25, 0.3) is 0 Å². The topological polar surface area (TPSA) is 74.5 Å². The maximum atomic E-state index is 12.3. The molecular weight excluding hydrogens is 306 g/mol. The van der Waals surface area contributed by atoms with Crippen LogP contribution in [0.1, 0.15) is 28.7 Å². The maximum absolute atomic E-state index is 12.3. The Morgan fingerprint density at radius 3 is 2.83 bits per heavy atom. The molecule has 0 unspecified atom stereocenters. The number of piperazine rings is 1. The zero-order valence-electron chi connectivity index (χ0n) is 14.2. The molecule has 1 amide bonds. The molecule has 1 fully saturated rings. The number of anilines is 1. The molecule has 3 rings (SSSR count). The number of rotatable bonds is 5. The van der Waals surface area contributed by atoms with Crippen LogP contribution in [0.5, 0.6) is 0 Å². The third-order valence-corrected chi connectivity index (χ3v) is 4.29. The van der Waals surface area contributed by atoms with Gasteiger partial charge in [0.2, 0.25) is 0 Å². The second kappa shape index (κ2) is 7.44. The minimum atomic E-state index is -0.214. The smallest absolute Gasteiger partial charge is 0.273 e. The van der Waals surface area contributed by atoms with Crippen molar-refractivity contribution in [3.63, 3.8) is 0 Å². The largest absolute Gasteiger partial charge is 0.448 e. The first-order valence-electron chi connectivity index (χ1n) is 8.27. The summed E-state index contributed by atoms with van der Waals surface area (Å²) in [7, 11) is 2.13. The van der Waals surface area contributed by atoms with Crippen molar-refractivity contribution in [3.8, 4) is 0 Å². The Balaban J connectivity index is 1.68. The molecule has 1 aliphatic rings. The van der Waals surface area contributed by atoms with Crippen LogP contribution >= 0.6 is 0 Å². The molecule has 0 aromatic carbocycles. The molecule has 128 valence electrons. The summed E-state index contributed by atoms with van der Waals surface area (Å²) in [5.41, 5.74) is 1.37. The molecule has 1 aliphatic heterocycles. The van der Waals surface area contributed by atoms with Crippen LogP contribution in [0.2, 0.25) is 0 Å². The summed E-state index contributed by atoms with van der Waals surface area (Å²) < 4.78 is 5.22. The van der Waals surface area contributed by atoms with Crippen LogP contribution in [0.3, 0.4) is 0 Å². The highest BCUT2D eigenvalue weighted by Crippen LogP contribution is 2.19. The molecule has 2 aromatic rings. The third-order valence-electron chi connectivity index (χ3n) is 4.29. The fourth-order valence-electron chi connectivity index (χ4n) is 2.84. The zero-order valence-corrected chi connectivity index (χ0v) is 14.2. The Kier molecular flexibility index (Phi) is 5.10. The van der Waals surface area contributed by atoms with E-state index in [1.165, 1.54) is 6.39 Å². The minimum Gasteiger partial charge on any atom is -0.448 e. The quantitative estimate of drug-likeness (QED) is 0.892. The van der Waals surface area contributed by atoms with Crippen LogP contribution in [-0.4, -0.2) is 54.0 Å². The van der Waals surface area contributed by atoms with Crippen LogP contribution in [0.4, 0.5) is 5.82 Å². The monoisotopic (exact) mass is 329 g/mol. The molecule has 24 heavy (non-hydrogen) atoms. The van der Waals surface area contributed by atoms with Gasteiger partial charge in [-0.25, -0.2) is 9.97 Å². The van der Waals surface area contributed by atoms with E-state index in [2.05, 4.69) is 32.1 Å². The van der Waals surface area contributed by atoms with Gasteiger partial charge in [0.05, 0.1) is 0 Å². The standard InChI is InChI=1S/C17H23N5O2/c1-3-14-15(20-12-24-14)17(23)19-11-13-5-4-6-18-16(13)22-9-7-21(2)8-10-22/h4-6,12H,3,7-11H2,1-2H3,(H,19,23). The average Bonchev–Trinajstić information content (AvgIpc) is 3.09. The van der Waals surface area contributed by atoms with Crippen molar-refractivity contribution in [1.82, 2.24) is 20.2 Å². The van der Waals surface area contributed by atoms with E-state index in [0.29, 0.717) is 24.4 Å². The predicted molar refractivity (Wildman–Crippen MR) is 91.0 cm³/mol. The van der Waals surface area contributed by atoms with Crippen LogP contribution in [0.15, 0.2) is 29.1 Å². The molecule has 7 nitrogen and oxygen atoms in total. The number of aromatic nitrogens is 2. The first-order chi connectivity index (χ1) is 11.7. The van der Waals surface area contributed by atoms with Crippen LogP contribution < -0.4 is 10.2 Å². The van der Waals surface area contributed by atoms with Gasteiger partial charge in [-0.3, -0.25) is 4.79 Å². The van der Waals surface area contributed by atoms with Crippen molar-refractivity contribution in [2.24, 2.45) is 0 Å². The molecule has 0 radical (unpaired) electrons. The Labute approximate surface area is 141 Å². The van der Waals surface area contributed by atoms with Crippen molar-refractivity contribution in [3.05, 3.63) is 41.7 Å². The fourth-order valence-corrected chi connectivity index (χ4v) is 2.84. The van der Waals surface area contributed by atoms with Gasteiger partial charge in [0.1, 0.15) is 11.6 Å². The Hall–Kier alpha value is -2.41. The number of hydrogen-bond acceptors (Lipinski definition) is 6. The van der Waals surface area contributed by atoms with Gasteiger partial charge < -0.3 is 19.5 Å². The van der Waals surface area contributed by atoms with Gasteiger partial charge in [0.25, 0.3) is 5.91 Å². The van der Waals surface area contributed by atoms with Gasteiger partial charge in [-0.05, 0) is 13.1 Å². The van der Waals surface area contributed by atoms with Gasteiger partial charge >= 0.3 is 0 Å². The second-order valence-electron chi connectivity index (χ2n) is 5.94. The summed E-state index contributed by atoms with van der Waals surface area (Å²) >= 11 is 0. The van der Waals surface area contributed by atoms with Crippen molar-refractivity contribution in [2.75, 3.05) is 38.1 Å². The minimum absolute atomic E-state index is 0.214. The number of aryl methyl sites for hydroxylation is 1. The summed E-state index contributed by atoms with van der Waals surface area (Å²) in [6.07, 6.45) is 3.75. The lowest BCUT2D eigenvalue weighted by Gasteiger charge is -2.34. The van der Waals surface area contributed by atoms with E-state index in [1.54, 1.807) is 6.20 Å². The lowest BCUT2D eigenvalue weighted by molar-refractivity contribution is 0.0944. The van der Waals surface area contributed by atoms with Crippen LogP contribution in [-0.2, 0) is 13.0 Å². The van der Waals surface area contributed by atoms with Crippen molar-refractivity contribution >= 4 is 11.7 Å². The first kappa shape index (κ1) is 16.4. The summed E-state index contributed by atoms with van der Waals surface area (Å²) in [5.74, 6) is 1.34. The van der Waals surface area contributed by atoms with E-state index in [4.69, 9.17) is 4.42 Å². The van der Waals surface area contributed by atoms with E-state index in [0.717, 1.165) is 37.6 Å². The molecule has 3 heterocycles. The predicted octanol–water partition coefficient (Wildman–Crippen LogP) is 1.31. The molecule has 7 heteroatoms. The van der Waals surface area contributed by atoms with E-state index in [1.807, 2.05) is 19.1 Å². The van der Waals surface area contributed by atoms with Gasteiger partial charge in [0, 0.05) is 50.9 Å². The van der Waals surface area contributed by atoms with Gasteiger partial charge in [-0.2, -0.15) is 0 Å². The third kappa shape index (κ3) is 3.56. The number of nitrogens with zero attached hydrogens (tertiary/aromatic N) is 4. The molecule has 0 spiro atoms. The van der Waals surface area contributed by atoms with E-state index in [-0.39, 0.29) is 5.91 Å². The highest BCUT2D eigenvalue weighted by Gasteiger charge is 2.19. The summed E-state index contributed by atoms with van der Waals surface area (Å²) in [5, 5.41) is 2.93. The second-order valence-corrected chi connectivity index (χ2v) is 5.94. The van der Waals surface area contributed by atoms with Crippen molar-refractivity contribution < 1.29 is 9.21 Å². The van der Waals surface area contributed by atoms with Crippen molar-refractivity contribution in [2.45, 2.75) is 19.9 Å². The van der Waals surface area contributed by atoms with Gasteiger partial charge in [0.15, 0.2) is 12.1 Å². The normalized spacial score (nSPS) is 15.5. The molecular formula is C17H23N5O2.